The Balaban J connectivity index is 4.23. The van der Waals surface area contributed by atoms with Gasteiger partial charge in [0.25, 0.3) is 0 Å². The molecule has 0 aromatic rings. The molecule has 3 nitrogen and oxygen atoms in total. The largest absolute Gasteiger partial charge is 0.462 e. The lowest BCUT2D eigenvalue weighted by Gasteiger charge is -1.95. The molecule has 0 aliphatic rings. The molecule has 0 aliphatic carbocycles. The Kier molecular flexibility index (Phi) is 1.80. The number of rotatable bonds is 1. The molecule has 0 rings (SSSR count). The summed E-state index contributed by atoms with van der Waals surface area (Å²) in [7, 11) is 0. The van der Waals surface area contributed by atoms with Crippen molar-refractivity contribution < 1.29 is 27.9 Å². The van der Waals surface area contributed by atoms with E-state index in [-0.39, 0.29) is 0 Å². The Bertz CT molecular complexity index is 147. The first-order valence-electron chi connectivity index (χ1n) is 1.68. The molecular formula is C3F3O3. The molecule has 6 heteroatoms. The number of halogens is 3. The maximum absolute atomic E-state index is 10.9. The van der Waals surface area contributed by atoms with Gasteiger partial charge in [0.1, 0.15) is 0 Å². The molecule has 0 saturated heterocycles. The van der Waals surface area contributed by atoms with Crippen LogP contribution in [0.25, 0.3) is 0 Å². The fourth-order valence-corrected chi connectivity index (χ4v) is 0.116. The van der Waals surface area contributed by atoms with Crippen LogP contribution in [0.3, 0.4) is 0 Å². The van der Waals surface area contributed by atoms with Gasteiger partial charge >= 0.3 is 17.9 Å². The van der Waals surface area contributed by atoms with Gasteiger partial charge in [-0.1, -0.05) is 0 Å². The second-order valence-corrected chi connectivity index (χ2v) is 1.11. The first-order chi connectivity index (χ1) is 3.85. The summed E-state index contributed by atoms with van der Waals surface area (Å²) in [5.74, 6) is -5.59. The van der Waals surface area contributed by atoms with Crippen molar-refractivity contribution in [2.45, 2.75) is 6.18 Å². The van der Waals surface area contributed by atoms with Gasteiger partial charge in [-0.3, -0.25) is 4.79 Å². The number of carbonyl (C=O) groups is 2. The predicted octanol–water partition coefficient (Wildman–Crippen LogP) is 0.0749. The molecule has 0 aliphatic heterocycles. The van der Waals surface area contributed by atoms with Crippen LogP contribution >= 0.6 is 0 Å². The van der Waals surface area contributed by atoms with E-state index in [1.807, 2.05) is 0 Å². The second kappa shape index (κ2) is 2.04. The zero-order chi connectivity index (χ0) is 7.65. The van der Waals surface area contributed by atoms with Crippen molar-refractivity contribution in [1.82, 2.24) is 0 Å². The highest BCUT2D eigenvalue weighted by Gasteiger charge is 2.44. The van der Waals surface area contributed by atoms with Crippen molar-refractivity contribution in [3.05, 3.63) is 0 Å². The Morgan fingerprint density at radius 2 is 1.44 bits per heavy atom. The SMILES string of the molecule is [O]C(=O)C(=O)C(F)(F)F. The smallest absolute Gasteiger partial charge is 0.276 e. The highest BCUT2D eigenvalue weighted by molar-refractivity contribution is 6.34. The number of carbonyl (C=O) groups excluding carboxylic acids is 2. The number of hydrogen-bond acceptors (Lipinski definition) is 2. The highest BCUT2D eigenvalue weighted by atomic mass is 19.4. The summed E-state index contributed by atoms with van der Waals surface area (Å²) < 4.78 is 32.8. The molecule has 0 bridgehead atoms. The standard InChI is InChI=1S/C3F3O3/c4-3(5,6)1(7)2(8)9. The van der Waals surface area contributed by atoms with Gasteiger partial charge in [-0.2, -0.15) is 13.2 Å². The molecule has 0 fully saturated rings. The van der Waals surface area contributed by atoms with Crippen molar-refractivity contribution in [1.29, 1.82) is 0 Å². The molecule has 0 atom stereocenters. The fraction of sp³-hybridized carbons (Fsp3) is 0.333. The molecule has 0 amide bonds. The number of ketones is 1. The quantitative estimate of drug-likeness (QED) is 0.485. The average molecular weight is 141 g/mol. The predicted molar refractivity (Wildman–Crippen MR) is 16.8 cm³/mol. The fourth-order valence-electron chi connectivity index (χ4n) is 0.116. The van der Waals surface area contributed by atoms with Crippen LogP contribution in [0, 0.1) is 0 Å². The molecule has 0 heterocycles. The number of Topliss-reactive ketones (excluding diaryl/α,β-unsaturated/α-hetero) is 1. The minimum Gasteiger partial charge on any atom is -0.276 e. The van der Waals surface area contributed by atoms with Gasteiger partial charge in [0, 0.05) is 0 Å². The van der Waals surface area contributed by atoms with Gasteiger partial charge in [-0.25, -0.2) is 9.90 Å². The van der Waals surface area contributed by atoms with Crippen molar-refractivity contribution in [3.8, 4) is 0 Å². The van der Waals surface area contributed by atoms with E-state index in [0.717, 1.165) is 0 Å². The summed E-state index contributed by atoms with van der Waals surface area (Å²) in [5.41, 5.74) is 0. The van der Waals surface area contributed by atoms with Crippen LogP contribution in [0.2, 0.25) is 0 Å². The van der Waals surface area contributed by atoms with Crippen LogP contribution in [0.15, 0.2) is 0 Å². The molecule has 9 heavy (non-hydrogen) atoms. The second-order valence-electron chi connectivity index (χ2n) is 1.11. The van der Waals surface area contributed by atoms with Crippen LogP contribution in [-0.2, 0) is 14.7 Å². The summed E-state index contributed by atoms with van der Waals surface area (Å²) in [6.07, 6.45) is -5.32. The van der Waals surface area contributed by atoms with Gasteiger partial charge in [-0.15, -0.1) is 0 Å². The van der Waals surface area contributed by atoms with Crippen LogP contribution in [0.5, 0.6) is 0 Å². The third-order valence-electron chi connectivity index (χ3n) is 0.443. The molecule has 0 N–H and O–H groups in total. The molecular weight excluding hydrogens is 141 g/mol. The van der Waals surface area contributed by atoms with Crippen LogP contribution < -0.4 is 0 Å². The molecule has 51 valence electrons. The summed E-state index contributed by atoms with van der Waals surface area (Å²) in [5, 5.41) is 9.17. The van der Waals surface area contributed by atoms with Crippen LogP contribution in [0.1, 0.15) is 0 Å². The van der Waals surface area contributed by atoms with E-state index < -0.39 is 17.9 Å². The monoisotopic (exact) mass is 141 g/mol. The third kappa shape index (κ3) is 2.11. The number of alkyl halides is 3. The molecule has 0 aromatic heterocycles. The van der Waals surface area contributed by atoms with E-state index in [1.165, 1.54) is 0 Å². The highest BCUT2D eigenvalue weighted by Crippen LogP contribution is 2.15. The zero-order valence-electron chi connectivity index (χ0n) is 3.86. The van der Waals surface area contributed by atoms with Gasteiger partial charge in [0.05, 0.1) is 0 Å². The van der Waals surface area contributed by atoms with Gasteiger partial charge in [0.15, 0.2) is 0 Å². The first-order valence-corrected chi connectivity index (χ1v) is 1.68. The van der Waals surface area contributed by atoms with Gasteiger partial charge < -0.3 is 0 Å². The van der Waals surface area contributed by atoms with E-state index in [4.69, 9.17) is 9.90 Å². The van der Waals surface area contributed by atoms with Crippen molar-refractivity contribution in [2.75, 3.05) is 0 Å². The topological polar surface area (TPSA) is 54.0 Å². The summed E-state index contributed by atoms with van der Waals surface area (Å²) in [4.78, 5) is 18.5. The van der Waals surface area contributed by atoms with E-state index in [1.54, 1.807) is 0 Å². The lowest BCUT2D eigenvalue weighted by Crippen LogP contribution is -2.29. The Morgan fingerprint density at radius 3 is 1.44 bits per heavy atom. The summed E-state index contributed by atoms with van der Waals surface area (Å²) in [6.45, 7) is 0. The van der Waals surface area contributed by atoms with Crippen molar-refractivity contribution in [2.24, 2.45) is 0 Å². The van der Waals surface area contributed by atoms with Crippen LogP contribution in [-0.4, -0.2) is 17.9 Å². The first kappa shape index (κ1) is 7.93. The maximum Gasteiger partial charge on any atom is 0.462 e. The van der Waals surface area contributed by atoms with E-state index in [0.29, 0.717) is 0 Å². The Labute approximate surface area is 47.1 Å². The minimum absolute atomic E-state index is 2.73. The third-order valence-corrected chi connectivity index (χ3v) is 0.443. The molecule has 0 spiro atoms. The summed E-state index contributed by atoms with van der Waals surface area (Å²) in [6, 6.07) is 0. The van der Waals surface area contributed by atoms with E-state index in [9.17, 15) is 18.0 Å². The van der Waals surface area contributed by atoms with Crippen molar-refractivity contribution in [3.63, 3.8) is 0 Å². The maximum atomic E-state index is 10.9. The lowest BCUT2D eigenvalue weighted by molar-refractivity contribution is -0.183. The Morgan fingerprint density at radius 1 is 1.11 bits per heavy atom. The Hall–Kier alpha value is -1.07. The van der Waals surface area contributed by atoms with E-state index in [2.05, 4.69) is 0 Å². The summed E-state index contributed by atoms with van der Waals surface area (Å²) >= 11 is 0. The average Bonchev–Trinajstić information content (AvgIpc) is 1.62. The van der Waals surface area contributed by atoms with Gasteiger partial charge in [-0.05, 0) is 0 Å². The van der Waals surface area contributed by atoms with Crippen LogP contribution in [0.4, 0.5) is 13.2 Å². The minimum atomic E-state index is -5.32. The molecule has 1 radical (unpaired) electrons. The normalized spacial score (nSPS) is 11.0. The molecule has 0 saturated carbocycles. The zero-order valence-corrected chi connectivity index (χ0v) is 3.86. The lowest BCUT2D eigenvalue weighted by atomic mass is 10.4. The van der Waals surface area contributed by atoms with Crippen molar-refractivity contribution >= 4 is 11.8 Å². The van der Waals surface area contributed by atoms with E-state index >= 15 is 0 Å². The molecule has 0 unspecified atom stereocenters. The molecule has 0 aromatic carbocycles. The number of hydrogen-bond donors (Lipinski definition) is 0. The van der Waals surface area contributed by atoms with Gasteiger partial charge in [0.2, 0.25) is 0 Å².